The summed E-state index contributed by atoms with van der Waals surface area (Å²) in [6, 6.07) is 7.75. The van der Waals surface area contributed by atoms with Gasteiger partial charge < -0.3 is 5.11 Å². The van der Waals surface area contributed by atoms with Crippen LogP contribution >= 0.6 is 11.8 Å². The van der Waals surface area contributed by atoms with Gasteiger partial charge in [0.05, 0.1) is 11.9 Å². The van der Waals surface area contributed by atoms with Gasteiger partial charge in [-0.25, -0.2) is 4.98 Å². The zero-order valence-corrected chi connectivity index (χ0v) is 13.2. The SMILES string of the molecule is O=C(O)C1(Sc2ccnc3c2ccn3-c2cccnc2)CCC1. The van der Waals surface area contributed by atoms with E-state index in [4.69, 9.17) is 0 Å². The lowest BCUT2D eigenvalue weighted by Crippen LogP contribution is -2.41. The summed E-state index contributed by atoms with van der Waals surface area (Å²) in [7, 11) is 0. The topological polar surface area (TPSA) is 68.0 Å². The predicted octanol–water partition coefficient (Wildman–Crippen LogP) is 3.52. The van der Waals surface area contributed by atoms with E-state index in [2.05, 4.69) is 9.97 Å². The number of aliphatic carboxylic acids is 1. The van der Waals surface area contributed by atoms with Gasteiger partial charge in [-0.3, -0.25) is 14.3 Å². The van der Waals surface area contributed by atoms with Crippen molar-refractivity contribution in [3.63, 3.8) is 0 Å². The molecule has 0 aromatic carbocycles. The van der Waals surface area contributed by atoms with Gasteiger partial charge in [0.1, 0.15) is 10.4 Å². The average molecular weight is 325 g/mol. The minimum Gasteiger partial charge on any atom is -0.480 e. The molecule has 3 heterocycles. The number of hydrogen-bond acceptors (Lipinski definition) is 4. The molecule has 0 atom stereocenters. The van der Waals surface area contributed by atoms with E-state index in [1.165, 1.54) is 11.8 Å². The molecular formula is C17H15N3O2S. The summed E-state index contributed by atoms with van der Waals surface area (Å²) >= 11 is 1.46. The monoisotopic (exact) mass is 325 g/mol. The van der Waals surface area contributed by atoms with E-state index in [1.807, 2.05) is 35.0 Å². The first-order valence-corrected chi connectivity index (χ1v) is 8.30. The van der Waals surface area contributed by atoms with Gasteiger partial charge in [-0.05, 0) is 43.5 Å². The summed E-state index contributed by atoms with van der Waals surface area (Å²) in [5, 5.41) is 10.5. The first kappa shape index (κ1) is 14.3. The second kappa shape index (κ2) is 5.38. The third-order valence-electron chi connectivity index (χ3n) is 4.33. The first-order valence-electron chi connectivity index (χ1n) is 7.48. The minimum atomic E-state index is -0.717. The maximum absolute atomic E-state index is 11.6. The van der Waals surface area contributed by atoms with E-state index < -0.39 is 10.7 Å². The molecule has 1 fully saturated rings. The normalized spacial score (nSPS) is 16.2. The number of fused-ring (bicyclic) bond motifs is 1. The first-order chi connectivity index (χ1) is 11.2. The number of carbonyl (C=O) groups is 1. The van der Waals surface area contributed by atoms with Crippen molar-refractivity contribution in [1.29, 1.82) is 0 Å². The number of thioether (sulfide) groups is 1. The predicted molar refractivity (Wildman–Crippen MR) is 88.9 cm³/mol. The molecule has 0 bridgehead atoms. The smallest absolute Gasteiger partial charge is 0.320 e. The Hall–Kier alpha value is -2.34. The standard InChI is InChI=1S/C17H15N3O2S/c21-16(22)17(6-2-7-17)23-14-4-9-19-15-13(14)5-10-20(15)12-3-1-8-18-11-12/h1,3-5,8-11H,2,6-7H2,(H,21,22). The van der Waals surface area contributed by atoms with Crippen LogP contribution in [0.3, 0.4) is 0 Å². The third-order valence-corrected chi connectivity index (χ3v) is 5.88. The fraction of sp³-hybridized carbons (Fsp3) is 0.235. The van der Waals surface area contributed by atoms with E-state index in [9.17, 15) is 9.90 Å². The lowest BCUT2D eigenvalue weighted by molar-refractivity contribution is -0.142. The van der Waals surface area contributed by atoms with E-state index in [1.54, 1.807) is 18.6 Å². The molecule has 3 aromatic rings. The van der Waals surface area contributed by atoms with Crippen molar-refractivity contribution in [2.75, 3.05) is 0 Å². The van der Waals surface area contributed by atoms with Crippen LogP contribution in [-0.2, 0) is 4.79 Å². The van der Waals surface area contributed by atoms with Crippen molar-refractivity contribution in [1.82, 2.24) is 14.5 Å². The quantitative estimate of drug-likeness (QED) is 0.795. The van der Waals surface area contributed by atoms with Crippen LogP contribution < -0.4 is 0 Å². The van der Waals surface area contributed by atoms with E-state index in [-0.39, 0.29) is 0 Å². The second-order valence-corrected chi connectivity index (χ2v) is 7.12. The molecule has 0 saturated heterocycles. The molecule has 3 aromatic heterocycles. The van der Waals surface area contributed by atoms with Crippen molar-refractivity contribution in [3.8, 4) is 5.69 Å². The molecule has 1 saturated carbocycles. The minimum absolute atomic E-state index is 0.676. The maximum Gasteiger partial charge on any atom is 0.320 e. The van der Waals surface area contributed by atoms with Crippen LogP contribution in [0.2, 0.25) is 0 Å². The third kappa shape index (κ3) is 2.30. The number of carboxylic acids is 1. The number of carboxylic acid groups (broad SMARTS) is 1. The molecule has 0 radical (unpaired) electrons. The average Bonchev–Trinajstić information content (AvgIpc) is 2.96. The summed E-state index contributed by atoms with van der Waals surface area (Å²) in [6.07, 6.45) is 9.63. The van der Waals surface area contributed by atoms with E-state index in [0.29, 0.717) is 0 Å². The van der Waals surface area contributed by atoms with Crippen LogP contribution in [0.15, 0.2) is 53.9 Å². The lowest BCUT2D eigenvalue weighted by Gasteiger charge is -2.36. The van der Waals surface area contributed by atoms with Gasteiger partial charge in [0.2, 0.25) is 0 Å². The van der Waals surface area contributed by atoms with Gasteiger partial charge in [-0.1, -0.05) is 0 Å². The fourth-order valence-electron chi connectivity index (χ4n) is 2.87. The molecule has 1 aliphatic carbocycles. The Bertz CT molecular complexity index is 872. The fourth-order valence-corrected chi connectivity index (χ4v) is 4.27. The Morgan fingerprint density at radius 2 is 2.13 bits per heavy atom. The number of rotatable bonds is 4. The van der Waals surface area contributed by atoms with Gasteiger partial charge in [-0.2, -0.15) is 0 Å². The zero-order chi connectivity index (χ0) is 15.9. The Morgan fingerprint density at radius 1 is 1.26 bits per heavy atom. The van der Waals surface area contributed by atoms with Crippen LogP contribution in [0.25, 0.3) is 16.7 Å². The molecule has 0 spiro atoms. The molecule has 116 valence electrons. The van der Waals surface area contributed by atoms with Gasteiger partial charge in [0, 0.05) is 28.9 Å². The van der Waals surface area contributed by atoms with E-state index >= 15 is 0 Å². The van der Waals surface area contributed by atoms with Crippen molar-refractivity contribution in [2.45, 2.75) is 28.9 Å². The highest BCUT2D eigenvalue weighted by atomic mass is 32.2. The second-order valence-electron chi connectivity index (χ2n) is 5.70. The van der Waals surface area contributed by atoms with Crippen LogP contribution in [0.5, 0.6) is 0 Å². The van der Waals surface area contributed by atoms with Crippen LogP contribution in [0.1, 0.15) is 19.3 Å². The Labute approximate surface area is 137 Å². The van der Waals surface area contributed by atoms with Gasteiger partial charge in [-0.15, -0.1) is 11.8 Å². The zero-order valence-electron chi connectivity index (χ0n) is 12.3. The molecular weight excluding hydrogens is 310 g/mol. The Balaban J connectivity index is 1.78. The molecule has 0 aliphatic heterocycles. The highest BCUT2D eigenvalue weighted by molar-refractivity contribution is 8.01. The molecule has 1 aliphatic rings. The van der Waals surface area contributed by atoms with Gasteiger partial charge >= 0.3 is 5.97 Å². The lowest BCUT2D eigenvalue weighted by atomic mass is 9.84. The van der Waals surface area contributed by atoms with Crippen molar-refractivity contribution >= 4 is 28.8 Å². The highest BCUT2D eigenvalue weighted by Gasteiger charge is 2.45. The molecule has 6 heteroatoms. The number of nitrogens with zero attached hydrogens (tertiary/aromatic N) is 3. The van der Waals surface area contributed by atoms with Gasteiger partial charge in [0.15, 0.2) is 0 Å². The molecule has 1 N–H and O–H groups in total. The van der Waals surface area contributed by atoms with Crippen LogP contribution in [0.4, 0.5) is 0 Å². The van der Waals surface area contributed by atoms with Crippen molar-refractivity contribution in [2.24, 2.45) is 0 Å². The molecule has 4 rings (SSSR count). The molecule has 5 nitrogen and oxygen atoms in total. The largest absolute Gasteiger partial charge is 0.480 e. The maximum atomic E-state index is 11.6. The molecule has 0 unspecified atom stereocenters. The number of aromatic nitrogens is 3. The summed E-state index contributed by atoms with van der Waals surface area (Å²) in [4.78, 5) is 21.2. The summed E-state index contributed by atoms with van der Waals surface area (Å²) in [5.74, 6) is -0.717. The Kier molecular flexibility index (Phi) is 3.34. The molecule has 23 heavy (non-hydrogen) atoms. The van der Waals surface area contributed by atoms with Crippen molar-refractivity contribution < 1.29 is 9.90 Å². The highest BCUT2D eigenvalue weighted by Crippen LogP contribution is 2.49. The van der Waals surface area contributed by atoms with Crippen LogP contribution in [0, 0.1) is 0 Å². The number of hydrogen-bond donors (Lipinski definition) is 1. The number of pyridine rings is 2. The summed E-state index contributed by atoms with van der Waals surface area (Å²) in [5.41, 5.74) is 1.76. The van der Waals surface area contributed by atoms with Gasteiger partial charge in [0.25, 0.3) is 0 Å². The summed E-state index contributed by atoms with van der Waals surface area (Å²) < 4.78 is 1.30. The summed E-state index contributed by atoms with van der Waals surface area (Å²) in [6.45, 7) is 0. The van der Waals surface area contributed by atoms with E-state index in [0.717, 1.165) is 40.9 Å². The molecule has 0 amide bonds. The van der Waals surface area contributed by atoms with Crippen LogP contribution in [-0.4, -0.2) is 30.4 Å². The van der Waals surface area contributed by atoms with Crippen molar-refractivity contribution in [3.05, 3.63) is 49.1 Å². The Morgan fingerprint density at radius 3 is 2.78 bits per heavy atom.